The average Bonchev–Trinajstić information content (AvgIpc) is 2.78. The van der Waals surface area contributed by atoms with E-state index in [0.29, 0.717) is 22.1 Å². The van der Waals surface area contributed by atoms with E-state index < -0.39 is 28.5 Å². The van der Waals surface area contributed by atoms with Crippen molar-refractivity contribution in [3.63, 3.8) is 0 Å². The number of halogens is 1. The lowest BCUT2D eigenvalue weighted by molar-refractivity contribution is -0.139. The summed E-state index contributed by atoms with van der Waals surface area (Å²) in [5.41, 5.74) is 0.924. The maximum Gasteiger partial charge on any atom is 0.244 e. The monoisotopic (exact) mass is 525 g/mol. The first-order valence-corrected chi connectivity index (χ1v) is 13.1. The van der Waals surface area contributed by atoms with Crippen LogP contribution in [0.15, 0.2) is 42.5 Å². The van der Waals surface area contributed by atoms with Gasteiger partial charge in [0.2, 0.25) is 21.8 Å². The Bertz CT molecular complexity index is 1160. The van der Waals surface area contributed by atoms with Crippen molar-refractivity contribution in [3.8, 4) is 11.5 Å². The summed E-state index contributed by atoms with van der Waals surface area (Å²) >= 11 is 6.10. The highest BCUT2D eigenvalue weighted by molar-refractivity contribution is 7.92. The third-order valence-corrected chi connectivity index (χ3v) is 6.55. The Kier molecular flexibility index (Phi) is 9.79. The summed E-state index contributed by atoms with van der Waals surface area (Å²) in [5, 5.41) is 3.28. The van der Waals surface area contributed by atoms with Crippen LogP contribution in [0, 0.1) is 0 Å². The van der Waals surface area contributed by atoms with Gasteiger partial charge in [-0.1, -0.05) is 23.7 Å². The van der Waals surface area contributed by atoms with Crippen LogP contribution in [0.2, 0.25) is 5.02 Å². The van der Waals surface area contributed by atoms with Crippen molar-refractivity contribution < 1.29 is 27.5 Å². The lowest BCUT2D eigenvalue weighted by atomic mass is 10.1. The van der Waals surface area contributed by atoms with Gasteiger partial charge in [-0.25, -0.2) is 8.42 Å². The number of carbonyl (C=O) groups excluding carboxylic acids is 2. The van der Waals surface area contributed by atoms with Gasteiger partial charge in [0, 0.05) is 23.7 Å². The molecule has 0 spiro atoms. The summed E-state index contributed by atoms with van der Waals surface area (Å²) in [4.78, 5) is 27.6. The number of nitrogens with zero attached hydrogens (tertiary/aromatic N) is 2. The van der Waals surface area contributed by atoms with E-state index in [2.05, 4.69) is 5.32 Å². The average molecular weight is 526 g/mol. The van der Waals surface area contributed by atoms with Crippen molar-refractivity contribution >= 4 is 39.1 Å². The fourth-order valence-electron chi connectivity index (χ4n) is 3.41. The quantitative estimate of drug-likeness (QED) is 0.483. The van der Waals surface area contributed by atoms with Crippen molar-refractivity contribution in [1.29, 1.82) is 0 Å². The molecule has 0 aliphatic rings. The zero-order valence-corrected chi connectivity index (χ0v) is 22.3. The SMILES string of the molecule is COc1ccc(N(CC(=O)N(Cc2cccc(Cl)c2)[C@H](C)C(=O)NC(C)C)S(C)(=O)=O)cc1OC. The number of benzene rings is 2. The predicted molar refractivity (Wildman–Crippen MR) is 136 cm³/mol. The first-order valence-electron chi connectivity index (χ1n) is 10.9. The Morgan fingerprint density at radius 3 is 2.23 bits per heavy atom. The smallest absolute Gasteiger partial charge is 0.244 e. The Morgan fingerprint density at radius 2 is 1.69 bits per heavy atom. The van der Waals surface area contributed by atoms with E-state index in [4.69, 9.17) is 21.1 Å². The van der Waals surface area contributed by atoms with Gasteiger partial charge in [0.1, 0.15) is 12.6 Å². The second-order valence-corrected chi connectivity index (χ2v) is 10.6. The highest BCUT2D eigenvalue weighted by atomic mass is 35.5. The number of sulfonamides is 1. The van der Waals surface area contributed by atoms with Crippen molar-refractivity contribution in [3.05, 3.63) is 53.1 Å². The van der Waals surface area contributed by atoms with E-state index in [9.17, 15) is 18.0 Å². The molecule has 11 heteroatoms. The van der Waals surface area contributed by atoms with Crippen LogP contribution >= 0.6 is 11.6 Å². The van der Waals surface area contributed by atoms with E-state index in [1.165, 1.54) is 31.3 Å². The number of hydrogen-bond donors (Lipinski definition) is 1. The van der Waals surface area contributed by atoms with Crippen molar-refractivity contribution in [1.82, 2.24) is 10.2 Å². The highest BCUT2D eigenvalue weighted by Crippen LogP contribution is 2.32. The summed E-state index contributed by atoms with van der Waals surface area (Å²) in [6.07, 6.45) is 1.01. The second-order valence-electron chi connectivity index (χ2n) is 8.30. The van der Waals surface area contributed by atoms with Crippen molar-refractivity contribution in [2.24, 2.45) is 0 Å². The minimum Gasteiger partial charge on any atom is -0.493 e. The van der Waals surface area contributed by atoms with Crippen LogP contribution in [0.5, 0.6) is 11.5 Å². The Labute approximate surface area is 212 Å². The summed E-state index contributed by atoms with van der Waals surface area (Å²) in [6.45, 7) is 4.78. The van der Waals surface area contributed by atoms with Gasteiger partial charge >= 0.3 is 0 Å². The molecule has 2 amide bonds. The Hall–Kier alpha value is -2.98. The molecule has 0 aliphatic carbocycles. The van der Waals surface area contributed by atoms with Gasteiger partial charge in [-0.3, -0.25) is 13.9 Å². The van der Waals surface area contributed by atoms with E-state index in [0.717, 1.165) is 10.6 Å². The highest BCUT2D eigenvalue weighted by Gasteiger charge is 2.30. The first kappa shape index (κ1) is 28.3. The first-order chi connectivity index (χ1) is 16.4. The maximum absolute atomic E-state index is 13.5. The van der Waals surface area contributed by atoms with Gasteiger partial charge in [-0.2, -0.15) is 0 Å². The van der Waals surface area contributed by atoms with Gasteiger partial charge in [-0.05, 0) is 50.6 Å². The molecule has 0 saturated carbocycles. The molecule has 192 valence electrons. The lowest BCUT2D eigenvalue weighted by Gasteiger charge is -2.32. The van der Waals surface area contributed by atoms with E-state index in [-0.39, 0.29) is 24.2 Å². The predicted octanol–water partition coefficient (Wildman–Crippen LogP) is 3.07. The number of rotatable bonds is 11. The lowest BCUT2D eigenvalue weighted by Crippen LogP contribution is -2.52. The number of hydrogen-bond acceptors (Lipinski definition) is 6. The molecule has 0 saturated heterocycles. The Morgan fingerprint density at radius 1 is 1.03 bits per heavy atom. The van der Waals surface area contributed by atoms with Gasteiger partial charge in [-0.15, -0.1) is 0 Å². The topological polar surface area (TPSA) is 105 Å². The summed E-state index contributed by atoms with van der Waals surface area (Å²) in [6, 6.07) is 10.5. The van der Waals surface area contributed by atoms with E-state index in [1.54, 1.807) is 37.3 Å². The number of carbonyl (C=O) groups is 2. The second kappa shape index (κ2) is 12.1. The molecule has 2 aromatic carbocycles. The van der Waals surface area contributed by atoms with Gasteiger partial charge in [0.05, 0.1) is 26.2 Å². The molecule has 9 nitrogen and oxygen atoms in total. The zero-order chi connectivity index (χ0) is 26.3. The molecule has 35 heavy (non-hydrogen) atoms. The van der Waals surface area contributed by atoms with E-state index >= 15 is 0 Å². The fraction of sp³-hybridized carbons (Fsp3) is 0.417. The number of amides is 2. The molecule has 0 aliphatic heterocycles. The van der Waals surface area contributed by atoms with Crippen LogP contribution in [0.4, 0.5) is 5.69 Å². The molecule has 0 unspecified atom stereocenters. The maximum atomic E-state index is 13.5. The van der Waals surface area contributed by atoms with Crippen LogP contribution in [0.1, 0.15) is 26.3 Å². The molecule has 0 bridgehead atoms. The third kappa shape index (κ3) is 7.76. The van der Waals surface area contributed by atoms with Crippen LogP contribution in [-0.2, 0) is 26.2 Å². The molecule has 0 fully saturated rings. The molecule has 1 atom stereocenters. The van der Waals surface area contributed by atoms with Crippen molar-refractivity contribution in [2.75, 3.05) is 31.3 Å². The summed E-state index contributed by atoms with van der Waals surface area (Å²) in [5.74, 6) is -0.187. The van der Waals surface area contributed by atoms with Crippen LogP contribution in [0.25, 0.3) is 0 Å². The van der Waals surface area contributed by atoms with Crippen LogP contribution < -0.4 is 19.1 Å². The van der Waals surface area contributed by atoms with Gasteiger partial charge in [0.15, 0.2) is 11.5 Å². The number of ether oxygens (including phenoxy) is 2. The molecule has 0 aromatic heterocycles. The zero-order valence-electron chi connectivity index (χ0n) is 20.7. The minimum atomic E-state index is -3.87. The van der Waals surface area contributed by atoms with Crippen LogP contribution in [0.3, 0.4) is 0 Å². The molecule has 2 rings (SSSR count). The third-order valence-electron chi connectivity index (χ3n) is 5.17. The fourth-order valence-corrected chi connectivity index (χ4v) is 4.47. The summed E-state index contributed by atoms with van der Waals surface area (Å²) in [7, 11) is -0.973. The van der Waals surface area contributed by atoms with Crippen LogP contribution in [-0.4, -0.2) is 64.2 Å². The molecular weight excluding hydrogens is 494 g/mol. The molecule has 1 N–H and O–H groups in total. The minimum absolute atomic E-state index is 0.0651. The largest absolute Gasteiger partial charge is 0.493 e. The number of nitrogens with one attached hydrogen (secondary N) is 1. The molecular formula is C24H32ClN3O6S. The Balaban J connectivity index is 2.44. The number of methoxy groups -OCH3 is 2. The number of anilines is 1. The molecule has 0 heterocycles. The van der Waals surface area contributed by atoms with Gasteiger partial charge < -0.3 is 19.7 Å². The van der Waals surface area contributed by atoms with E-state index in [1.807, 2.05) is 13.8 Å². The normalized spacial score (nSPS) is 12.1. The van der Waals surface area contributed by atoms with Crippen molar-refractivity contribution in [2.45, 2.75) is 39.4 Å². The van der Waals surface area contributed by atoms with Gasteiger partial charge in [0.25, 0.3) is 0 Å². The summed E-state index contributed by atoms with van der Waals surface area (Å²) < 4.78 is 36.8. The standard InChI is InChI=1S/C24H32ClN3O6S/c1-16(2)26-24(30)17(3)27(14-18-8-7-9-19(25)12-18)23(29)15-28(35(6,31)32)20-10-11-21(33-4)22(13-20)34-5/h7-13,16-17H,14-15H2,1-6H3,(H,26,30)/t17-/m1/s1. The molecule has 2 aromatic rings. The molecule has 0 radical (unpaired) electrons.